The van der Waals surface area contributed by atoms with Crippen molar-refractivity contribution < 1.29 is 41.7 Å². The summed E-state index contributed by atoms with van der Waals surface area (Å²) < 4.78 is 58.0. The van der Waals surface area contributed by atoms with Crippen LogP contribution in [-0.4, -0.2) is 68.2 Å². The van der Waals surface area contributed by atoms with Crippen molar-refractivity contribution >= 4 is 11.9 Å². The maximum atomic E-state index is 13.7. The number of esters is 1. The summed E-state index contributed by atoms with van der Waals surface area (Å²) in [5, 5.41) is 3.12. The molecule has 8 nitrogen and oxygen atoms in total. The van der Waals surface area contributed by atoms with Crippen LogP contribution in [0.1, 0.15) is 48.1 Å². The molecular weight excluding hydrogens is 505 g/mol. The van der Waals surface area contributed by atoms with Crippen molar-refractivity contribution in [1.82, 2.24) is 10.2 Å². The zero-order valence-electron chi connectivity index (χ0n) is 21.3. The minimum Gasteiger partial charge on any atom is -0.489 e. The Kier molecular flexibility index (Phi) is 8.47. The second kappa shape index (κ2) is 11.6. The lowest BCUT2D eigenvalue weighted by molar-refractivity contribution is -0.274. The van der Waals surface area contributed by atoms with E-state index in [2.05, 4.69) is 15.0 Å². The molecule has 2 aliphatic rings. The van der Waals surface area contributed by atoms with Crippen LogP contribution in [-0.2, 0) is 14.3 Å². The first-order chi connectivity index (χ1) is 18.1. The number of carbonyl (C=O) groups is 2. The van der Waals surface area contributed by atoms with Gasteiger partial charge < -0.3 is 24.3 Å². The Morgan fingerprint density at radius 1 is 1.11 bits per heavy atom. The van der Waals surface area contributed by atoms with Gasteiger partial charge in [0, 0.05) is 32.4 Å². The van der Waals surface area contributed by atoms with E-state index in [1.54, 1.807) is 30.3 Å². The van der Waals surface area contributed by atoms with Gasteiger partial charge in [0.25, 0.3) is 0 Å². The summed E-state index contributed by atoms with van der Waals surface area (Å²) in [6.45, 7) is 3.80. The fourth-order valence-corrected chi connectivity index (χ4v) is 4.99. The summed E-state index contributed by atoms with van der Waals surface area (Å²) >= 11 is 0. The molecule has 2 atom stereocenters. The van der Waals surface area contributed by atoms with Crippen LogP contribution in [0.5, 0.6) is 11.5 Å². The van der Waals surface area contributed by atoms with Crippen molar-refractivity contribution in [3.63, 3.8) is 0 Å². The number of rotatable bonds is 8. The molecule has 2 aromatic rings. The first-order valence-electron chi connectivity index (χ1n) is 12.4. The van der Waals surface area contributed by atoms with Gasteiger partial charge in [-0.25, -0.2) is 4.79 Å². The lowest BCUT2D eigenvalue weighted by Gasteiger charge is -2.43. The number of ether oxygens (including phenoxy) is 4. The number of nitrogens with one attached hydrogen (secondary N) is 1. The SMILES string of the molecule is COC(=O)c1ccc(C(C)NC(=O)C2(N3CC[C@@H](Oc4cccc(OC(F)(F)F)c4)C3)CCOCC2)cc1. The molecular formula is C27H31F3N2O6. The van der Waals surface area contributed by atoms with Crippen LogP contribution in [0, 0.1) is 0 Å². The number of amides is 1. The number of methoxy groups -OCH3 is 1. The number of hydrogen-bond acceptors (Lipinski definition) is 7. The van der Waals surface area contributed by atoms with E-state index in [1.165, 1.54) is 25.3 Å². The monoisotopic (exact) mass is 536 g/mol. The second-order valence-electron chi connectivity index (χ2n) is 9.45. The number of likely N-dealkylation sites (tertiary alicyclic amines) is 1. The summed E-state index contributed by atoms with van der Waals surface area (Å²) in [6.07, 6.45) is -3.45. The van der Waals surface area contributed by atoms with E-state index in [4.69, 9.17) is 14.2 Å². The van der Waals surface area contributed by atoms with E-state index in [1.807, 2.05) is 6.92 Å². The Morgan fingerprint density at radius 3 is 2.45 bits per heavy atom. The third-order valence-electron chi connectivity index (χ3n) is 7.01. The van der Waals surface area contributed by atoms with Gasteiger partial charge in [0.1, 0.15) is 23.1 Å². The van der Waals surface area contributed by atoms with Crippen LogP contribution in [0.25, 0.3) is 0 Å². The summed E-state index contributed by atoms with van der Waals surface area (Å²) in [4.78, 5) is 27.5. The molecule has 2 fully saturated rings. The van der Waals surface area contributed by atoms with Crippen LogP contribution < -0.4 is 14.8 Å². The zero-order valence-corrected chi connectivity index (χ0v) is 21.3. The van der Waals surface area contributed by atoms with Crippen molar-refractivity contribution in [2.45, 2.75) is 50.2 Å². The molecule has 1 unspecified atom stereocenters. The van der Waals surface area contributed by atoms with E-state index in [0.717, 1.165) is 5.56 Å². The minimum atomic E-state index is -4.79. The molecule has 2 saturated heterocycles. The summed E-state index contributed by atoms with van der Waals surface area (Å²) in [5.74, 6) is -0.627. The summed E-state index contributed by atoms with van der Waals surface area (Å²) in [7, 11) is 1.32. The Hall–Kier alpha value is -3.31. The molecule has 0 saturated carbocycles. The van der Waals surface area contributed by atoms with Crippen LogP contribution >= 0.6 is 0 Å². The standard InChI is InChI=1S/C27H31F3N2O6/c1-18(19-6-8-20(9-7-19)24(33)35-2)31-25(34)26(11-14-36-15-12-26)32-13-10-23(17-32)37-21-4-3-5-22(16-21)38-27(28,29)30/h3-9,16,18,23H,10-15,17H2,1-2H3,(H,31,34)/t18?,23-/m1/s1. The quantitative estimate of drug-likeness (QED) is 0.505. The summed E-state index contributed by atoms with van der Waals surface area (Å²) in [6, 6.07) is 12.0. The van der Waals surface area contributed by atoms with Crippen molar-refractivity contribution in [2.24, 2.45) is 0 Å². The maximum absolute atomic E-state index is 13.7. The molecule has 0 radical (unpaired) electrons. The Balaban J connectivity index is 1.42. The highest BCUT2D eigenvalue weighted by Crippen LogP contribution is 2.34. The van der Waals surface area contributed by atoms with Gasteiger partial charge >= 0.3 is 12.3 Å². The average molecular weight is 537 g/mol. The Labute approximate surface area is 219 Å². The van der Waals surface area contributed by atoms with Gasteiger partial charge in [0.05, 0.1) is 18.7 Å². The lowest BCUT2D eigenvalue weighted by Crippen LogP contribution is -2.61. The van der Waals surface area contributed by atoms with Crippen molar-refractivity contribution in [3.05, 3.63) is 59.7 Å². The minimum absolute atomic E-state index is 0.119. The molecule has 1 amide bonds. The highest BCUT2D eigenvalue weighted by Gasteiger charge is 2.48. The van der Waals surface area contributed by atoms with E-state index in [9.17, 15) is 22.8 Å². The summed E-state index contributed by atoms with van der Waals surface area (Å²) in [5.41, 5.74) is 0.476. The molecule has 0 aliphatic carbocycles. The van der Waals surface area contributed by atoms with Crippen molar-refractivity contribution in [3.8, 4) is 11.5 Å². The van der Waals surface area contributed by atoms with Gasteiger partial charge in [-0.1, -0.05) is 18.2 Å². The number of benzene rings is 2. The van der Waals surface area contributed by atoms with Crippen LogP contribution in [0.2, 0.25) is 0 Å². The Morgan fingerprint density at radius 2 is 1.79 bits per heavy atom. The first kappa shape index (κ1) is 27.7. The lowest BCUT2D eigenvalue weighted by atomic mass is 9.86. The predicted molar refractivity (Wildman–Crippen MR) is 131 cm³/mol. The number of hydrogen-bond donors (Lipinski definition) is 1. The number of alkyl halides is 3. The predicted octanol–water partition coefficient (Wildman–Crippen LogP) is 4.25. The van der Waals surface area contributed by atoms with Gasteiger partial charge in [-0.3, -0.25) is 9.69 Å². The van der Waals surface area contributed by atoms with Crippen LogP contribution in [0.4, 0.5) is 13.2 Å². The second-order valence-corrected chi connectivity index (χ2v) is 9.45. The fourth-order valence-electron chi connectivity index (χ4n) is 4.99. The van der Waals surface area contributed by atoms with E-state index < -0.39 is 17.9 Å². The van der Waals surface area contributed by atoms with Crippen molar-refractivity contribution in [2.75, 3.05) is 33.4 Å². The zero-order chi connectivity index (χ0) is 27.3. The highest BCUT2D eigenvalue weighted by atomic mass is 19.4. The number of carbonyl (C=O) groups excluding carboxylic acids is 2. The smallest absolute Gasteiger partial charge is 0.489 e. The number of halogens is 3. The van der Waals surface area contributed by atoms with E-state index in [0.29, 0.717) is 51.1 Å². The van der Waals surface area contributed by atoms with Crippen LogP contribution in [0.3, 0.4) is 0 Å². The number of nitrogens with zero attached hydrogens (tertiary/aromatic N) is 1. The topological polar surface area (TPSA) is 86.3 Å². The molecule has 11 heteroatoms. The molecule has 0 aromatic heterocycles. The highest BCUT2D eigenvalue weighted by molar-refractivity contribution is 5.89. The average Bonchev–Trinajstić information content (AvgIpc) is 3.36. The van der Waals surface area contributed by atoms with E-state index >= 15 is 0 Å². The van der Waals surface area contributed by atoms with Gasteiger partial charge in [0.15, 0.2) is 0 Å². The van der Waals surface area contributed by atoms with E-state index in [-0.39, 0.29) is 29.6 Å². The Bertz CT molecular complexity index is 1120. The first-order valence-corrected chi connectivity index (χ1v) is 12.4. The molecule has 2 aliphatic heterocycles. The van der Waals surface area contributed by atoms with Crippen molar-refractivity contribution in [1.29, 1.82) is 0 Å². The van der Waals surface area contributed by atoms with Crippen LogP contribution in [0.15, 0.2) is 48.5 Å². The normalized spacial score (nSPS) is 20.4. The molecule has 1 N–H and O–H groups in total. The van der Waals surface area contributed by atoms with Gasteiger partial charge in [-0.15, -0.1) is 13.2 Å². The fraction of sp³-hybridized carbons (Fsp3) is 0.481. The molecule has 38 heavy (non-hydrogen) atoms. The maximum Gasteiger partial charge on any atom is 0.573 e. The molecule has 206 valence electrons. The molecule has 4 rings (SSSR count). The molecule has 2 aromatic carbocycles. The molecule has 0 spiro atoms. The van der Waals surface area contributed by atoms with Gasteiger partial charge in [0.2, 0.25) is 5.91 Å². The third kappa shape index (κ3) is 6.57. The largest absolute Gasteiger partial charge is 0.573 e. The molecule has 2 heterocycles. The van der Waals surface area contributed by atoms with Gasteiger partial charge in [-0.2, -0.15) is 0 Å². The van der Waals surface area contributed by atoms with Gasteiger partial charge in [-0.05, 0) is 56.0 Å². The molecule has 0 bridgehead atoms. The third-order valence-corrected chi connectivity index (χ3v) is 7.01.